The number of anilines is 1. The molecule has 0 aliphatic rings. The van der Waals surface area contributed by atoms with Crippen LogP contribution in [0.25, 0.3) is 11.1 Å². The molecule has 0 aliphatic carbocycles. The highest BCUT2D eigenvalue weighted by Crippen LogP contribution is 2.23. The van der Waals surface area contributed by atoms with Crippen LogP contribution < -0.4 is 5.32 Å². The van der Waals surface area contributed by atoms with Gasteiger partial charge >= 0.3 is 0 Å². The van der Waals surface area contributed by atoms with Gasteiger partial charge in [-0.25, -0.2) is 4.98 Å². The number of aromatic amines is 1. The van der Waals surface area contributed by atoms with Crippen LogP contribution in [0.5, 0.6) is 0 Å². The second kappa shape index (κ2) is 8.69. The molecule has 1 atom stereocenters. The summed E-state index contributed by atoms with van der Waals surface area (Å²) in [7, 11) is 0. The van der Waals surface area contributed by atoms with Gasteiger partial charge in [-0.15, -0.1) is 0 Å². The Bertz CT molecular complexity index is 757. The van der Waals surface area contributed by atoms with Gasteiger partial charge in [0, 0.05) is 11.4 Å². The van der Waals surface area contributed by atoms with Crippen LogP contribution in [-0.4, -0.2) is 32.3 Å². The topological polar surface area (TPSA) is 73.8 Å². The molecular formula is C19H22N4OS. The monoisotopic (exact) mass is 354 g/mol. The molecule has 1 aromatic heterocycles. The van der Waals surface area contributed by atoms with E-state index in [-0.39, 0.29) is 0 Å². The molecule has 25 heavy (non-hydrogen) atoms. The fourth-order valence-electron chi connectivity index (χ4n) is 2.57. The molecule has 1 heterocycles. The zero-order valence-corrected chi connectivity index (χ0v) is 15.0. The minimum Gasteiger partial charge on any atom is -0.373 e. The molecule has 0 fully saturated rings. The lowest BCUT2D eigenvalue weighted by Gasteiger charge is -2.13. The molecule has 130 valence electrons. The number of rotatable bonds is 8. The number of benzene rings is 2. The summed E-state index contributed by atoms with van der Waals surface area (Å²) in [6, 6.07) is 16.8. The van der Waals surface area contributed by atoms with Crippen molar-refractivity contribution in [3.63, 3.8) is 0 Å². The number of aromatic nitrogens is 3. The predicted molar refractivity (Wildman–Crippen MR) is 103 cm³/mol. The summed E-state index contributed by atoms with van der Waals surface area (Å²) in [6.45, 7) is 2.19. The van der Waals surface area contributed by atoms with E-state index < -0.39 is 6.23 Å². The summed E-state index contributed by atoms with van der Waals surface area (Å²) in [6.07, 6.45) is 3.08. The number of hydrogen-bond acceptors (Lipinski definition) is 5. The first-order valence-electron chi connectivity index (χ1n) is 8.36. The first-order chi connectivity index (χ1) is 12.2. The van der Waals surface area contributed by atoms with E-state index in [4.69, 9.17) is 0 Å². The second-order valence-electron chi connectivity index (χ2n) is 5.79. The number of thioether (sulfide) groups is 1. The first kappa shape index (κ1) is 17.5. The molecule has 0 saturated heterocycles. The zero-order chi connectivity index (χ0) is 17.5. The highest BCUT2D eigenvalue weighted by Gasteiger charge is 2.07. The van der Waals surface area contributed by atoms with Crippen molar-refractivity contribution in [3.05, 3.63) is 60.4 Å². The second-order valence-corrected chi connectivity index (χ2v) is 6.79. The summed E-state index contributed by atoms with van der Waals surface area (Å²) < 4.78 is 0. The van der Waals surface area contributed by atoms with Gasteiger partial charge in [-0.3, -0.25) is 5.10 Å². The van der Waals surface area contributed by atoms with Crippen molar-refractivity contribution < 1.29 is 5.11 Å². The van der Waals surface area contributed by atoms with Gasteiger partial charge in [-0.05, 0) is 35.2 Å². The van der Waals surface area contributed by atoms with Gasteiger partial charge in [-0.1, -0.05) is 61.5 Å². The Kier molecular flexibility index (Phi) is 6.09. The maximum Gasteiger partial charge on any atom is 0.183 e. The van der Waals surface area contributed by atoms with Crippen molar-refractivity contribution in [2.45, 2.75) is 31.1 Å². The van der Waals surface area contributed by atoms with Crippen LogP contribution >= 0.6 is 11.8 Å². The molecule has 3 N–H and O–H groups in total. The van der Waals surface area contributed by atoms with E-state index in [1.54, 1.807) is 0 Å². The molecule has 0 bridgehead atoms. The molecule has 2 aromatic carbocycles. The van der Waals surface area contributed by atoms with Crippen molar-refractivity contribution >= 4 is 17.4 Å². The SMILES string of the molecule is CCCc1ccc(-c2ccc(NC(O)CSc3ncn[nH]3)cc2)cc1. The Morgan fingerprint density at radius 3 is 2.36 bits per heavy atom. The van der Waals surface area contributed by atoms with E-state index >= 15 is 0 Å². The van der Waals surface area contributed by atoms with E-state index in [0.717, 1.165) is 18.5 Å². The standard InChI is InChI=1S/C19H22N4OS/c1-2-3-14-4-6-15(7-5-14)16-8-10-17(11-9-16)22-18(24)12-25-19-20-13-21-23-19/h4-11,13,18,22,24H,2-3,12H2,1H3,(H,20,21,23). The summed E-state index contributed by atoms with van der Waals surface area (Å²) >= 11 is 1.42. The maximum absolute atomic E-state index is 10.1. The molecular weight excluding hydrogens is 332 g/mol. The van der Waals surface area contributed by atoms with Crippen LogP contribution in [0, 0.1) is 0 Å². The quantitative estimate of drug-likeness (QED) is 0.422. The molecule has 3 aromatic rings. The van der Waals surface area contributed by atoms with Crippen LogP contribution in [0.4, 0.5) is 5.69 Å². The van der Waals surface area contributed by atoms with E-state index in [2.05, 4.69) is 63.8 Å². The summed E-state index contributed by atoms with van der Waals surface area (Å²) in [4.78, 5) is 4.02. The minimum atomic E-state index is -0.658. The zero-order valence-electron chi connectivity index (χ0n) is 14.1. The normalized spacial score (nSPS) is 12.1. The summed E-state index contributed by atoms with van der Waals surface area (Å²) in [5.74, 6) is 0.482. The number of aliphatic hydroxyl groups is 1. The average molecular weight is 354 g/mol. The van der Waals surface area contributed by atoms with Crippen LogP contribution in [0.3, 0.4) is 0 Å². The van der Waals surface area contributed by atoms with Crippen molar-refractivity contribution in [1.82, 2.24) is 15.2 Å². The number of nitrogens with one attached hydrogen (secondary N) is 2. The summed E-state index contributed by atoms with van der Waals surface area (Å²) in [5, 5.41) is 20.4. The van der Waals surface area contributed by atoms with Crippen molar-refractivity contribution in [2.24, 2.45) is 0 Å². The maximum atomic E-state index is 10.1. The molecule has 1 unspecified atom stereocenters. The Balaban J connectivity index is 1.56. The van der Waals surface area contributed by atoms with Crippen molar-refractivity contribution in [1.29, 1.82) is 0 Å². The van der Waals surface area contributed by atoms with Gasteiger partial charge in [-0.2, -0.15) is 5.10 Å². The van der Waals surface area contributed by atoms with E-state index in [9.17, 15) is 5.11 Å². The largest absolute Gasteiger partial charge is 0.373 e. The van der Waals surface area contributed by atoms with Gasteiger partial charge in [0.15, 0.2) is 5.16 Å². The molecule has 3 rings (SSSR count). The minimum absolute atomic E-state index is 0.482. The molecule has 0 spiro atoms. The Morgan fingerprint density at radius 1 is 1.08 bits per heavy atom. The van der Waals surface area contributed by atoms with Crippen molar-refractivity contribution in [2.75, 3.05) is 11.1 Å². The highest BCUT2D eigenvalue weighted by atomic mass is 32.2. The van der Waals surface area contributed by atoms with Crippen molar-refractivity contribution in [3.8, 4) is 11.1 Å². The number of hydrogen-bond donors (Lipinski definition) is 3. The molecule has 0 amide bonds. The van der Waals surface area contributed by atoms with E-state index in [1.165, 1.54) is 34.8 Å². The molecule has 0 aliphatic heterocycles. The number of aliphatic hydroxyl groups excluding tert-OH is 1. The third-order valence-electron chi connectivity index (χ3n) is 3.81. The summed E-state index contributed by atoms with van der Waals surface area (Å²) in [5.41, 5.74) is 4.63. The van der Waals surface area contributed by atoms with E-state index in [0.29, 0.717) is 10.9 Å². The number of nitrogens with zero attached hydrogens (tertiary/aromatic N) is 2. The lowest BCUT2D eigenvalue weighted by molar-refractivity contribution is 0.229. The fourth-order valence-corrected chi connectivity index (χ4v) is 3.21. The predicted octanol–water partition coefficient (Wildman–Crippen LogP) is 3.95. The lowest BCUT2D eigenvalue weighted by Crippen LogP contribution is -2.21. The molecule has 5 nitrogen and oxygen atoms in total. The van der Waals surface area contributed by atoms with Gasteiger partial charge in [0.1, 0.15) is 12.6 Å². The third kappa shape index (κ3) is 5.08. The molecule has 6 heteroatoms. The fraction of sp³-hybridized carbons (Fsp3) is 0.263. The van der Waals surface area contributed by atoms with Crippen LogP contribution in [0.1, 0.15) is 18.9 Å². The average Bonchev–Trinajstić information content (AvgIpc) is 3.15. The van der Waals surface area contributed by atoms with Gasteiger partial charge < -0.3 is 10.4 Å². The van der Waals surface area contributed by atoms with Crippen LogP contribution in [-0.2, 0) is 6.42 Å². The third-order valence-corrected chi connectivity index (χ3v) is 4.77. The Hall–Kier alpha value is -2.31. The van der Waals surface area contributed by atoms with Crippen LogP contribution in [0.2, 0.25) is 0 Å². The van der Waals surface area contributed by atoms with Gasteiger partial charge in [0.05, 0.1) is 0 Å². The Morgan fingerprint density at radius 2 is 1.76 bits per heavy atom. The number of aryl methyl sites for hydroxylation is 1. The first-order valence-corrected chi connectivity index (χ1v) is 9.35. The lowest BCUT2D eigenvalue weighted by atomic mass is 10.0. The smallest absolute Gasteiger partial charge is 0.183 e. The molecule has 0 radical (unpaired) electrons. The molecule has 0 saturated carbocycles. The van der Waals surface area contributed by atoms with Crippen LogP contribution in [0.15, 0.2) is 60.0 Å². The van der Waals surface area contributed by atoms with Gasteiger partial charge in [0.25, 0.3) is 0 Å². The van der Waals surface area contributed by atoms with Gasteiger partial charge in [0.2, 0.25) is 0 Å². The highest BCUT2D eigenvalue weighted by molar-refractivity contribution is 7.99. The number of H-pyrrole nitrogens is 1. The Labute approximate surface area is 151 Å². The van der Waals surface area contributed by atoms with E-state index in [1.807, 2.05) is 12.1 Å².